The van der Waals surface area contributed by atoms with Gasteiger partial charge in [-0.05, 0) is 60.1 Å². The second-order valence-electron chi connectivity index (χ2n) is 4.62. The van der Waals surface area contributed by atoms with E-state index >= 15 is 0 Å². The van der Waals surface area contributed by atoms with Crippen molar-refractivity contribution in [3.05, 3.63) is 63.1 Å². The highest BCUT2D eigenvalue weighted by Crippen LogP contribution is 2.28. The number of halogens is 2. The fourth-order valence-electron chi connectivity index (χ4n) is 1.83. The maximum atomic E-state index is 12.6. The Labute approximate surface area is 131 Å². The molecule has 0 N–H and O–H groups in total. The summed E-state index contributed by atoms with van der Waals surface area (Å²) in [7, 11) is 0. The predicted molar refractivity (Wildman–Crippen MR) is 84.8 cm³/mol. The maximum absolute atomic E-state index is 12.6. The Morgan fingerprint density at radius 3 is 2.50 bits per heavy atom. The zero-order chi connectivity index (χ0) is 14.7. The number of rotatable bonds is 4. The molecule has 0 radical (unpaired) electrons. The molecule has 0 heterocycles. The third-order valence-corrected chi connectivity index (χ3v) is 3.56. The van der Waals surface area contributed by atoms with Crippen molar-refractivity contribution in [3.63, 3.8) is 0 Å². The molecule has 0 aliphatic heterocycles. The van der Waals surface area contributed by atoms with E-state index in [0.29, 0.717) is 26.4 Å². The Balaban J connectivity index is 2.43. The molecule has 0 saturated heterocycles. The van der Waals surface area contributed by atoms with Gasteiger partial charge in [0.25, 0.3) is 0 Å². The van der Waals surface area contributed by atoms with Gasteiger partial charge in [-0.3, -0.25) is 4.79 Å². The first kappa shape index (κ1) is 15.1. The highest BCUT2D eigenvalue weighted by atomic mass is 79.9. The van der Waals surface area contributed by atoms with Gasteiger partial charge in [-0.15, -0.1) is 0 Å². The average molecular weight is 354 g/mol. The molecular weight excluding hydrogens is 340 g/mol. The number of hydrogen-bond donors (Lipinski definition) is 0. The molecule has 0 saturated carbocycles. The van der Waals surface area contributed by atoms with Crippen LogP contribution < -0.4 is 4.74 Å². The number of carbonyl (C=O) groups excluding carboxylic acids is 1. The zero-order valence-electron chi connectivity index (χ0n) is 11.2. The van der Waals surface area contributed by atoms with Crippen LogP contribution in [0.15, 0.2) is 46.9 Å². The van der Waals surface area contributed by atoms with Gasteiger partial charge in [0.15, 0.2) is 5.78 Å². The highest BCUT2D eigenvalue weighted by molar-refractivity contribution is 9.10. The smallest absolute Gasteiger partial charge is 0.197 e. The SMILES string of the molecule is CC(C)Oc1ccccc1C(=O)c1ccc(Cl)cc1Br. The second-order valence-corrected chi connectivity index (χ2v) is 5.91. The summed E-state index contributed by atoms with van der Waals surface area (Å²) in [5, 5.41) is 0.583. The number of ketones is 1. The summed E-state index contributed by atoms with van der Waals surface area (Å²) in [4.78, 5) is 12.6. The highest BCUT2D eigenvalue weighted by Gasteiger charge is 2.17. The van der Waals surface area contributed by atoms with E-state index in [-0.39, 0.29) is 11.9 Å². The van der Waals surface area contributed by atoms with Crippen LogP contribution in [-0.2, 0) is 0 Å². The molecule has 2 rings (SSSR count). The van der Waals surface area contributed by atoms with Gasteiger partial charge in [0.2, 0.25) is 0 Å². The molecule has 20 heavy (non-hydrogen) atoms. The van der Waals surface area contributed by atoms with Crippen LogP contribution in [0.25, 0.3) is 0 Å². The van der Waals surface area contributed by atoms with Crippen LogP contribution in [0, 0.1) is 0 Å². The molecule has 104 valence electrons. The van der Waals surface area contributed by atoms with E-state index in [2.05, 4.69) is 15.9 Å². The van der Waals surface area contributed by atoms with Crippen molar-refractivity contribution in [1.82, 2.24) is 0 Å². The summed E-state index contributed by atoms with van der Waals surface area (Å²) >= 11 is 9.28. The van der Waals surface area contributed by atoms with Crippen LogP contribution in [0.4, 0.5) is 0 Å². The monoisotopic (exact) mass is 352 g/mol. The largest absolute Gasteiger partial charge is 0.490 e. The van der Waals surface area contributed by atoms with E-state index in [0.717, 1.165) is 0 Å². The Morgan fingerprint density at radius 2 is 1.85 bits per heavy atom. The van der Waals surface area contributed by atoms with Crippen molar-refractivity contribution in [3.8, 4) is 5.75 Å². The molecule has 0 bridgehead atoms. The van der Waals surface area contributed by atoms with Gasteiger partial charge in [-0.25, -0.2) is 0 Å². The molecule has 0 aliphatic rings. The molecule has 0 unspecified atom stereocenters. The number of benzene rings is 2. The molecule has 2 aromatic rings. The maximum Gasteiger partial charge on any atom is 0.197 e. The molecule has 2 aromatic carbocycles. The number of para-hydroxylation sites is 1. The van der Waals surface area contributed by atoms with E-state index in [1.807, 2.05) is 26.0 Å². The summed E-state index contributed by atoms with van der Waals surface area (Å²) in [5.41, 5.74) is 1.11. The molecule has 0 spiro atoms. The van der Waals surface area contributed by atoms with Gasteiger partial charge in [-0.1, -0.05) is 23.7 Å². The minimum atomic E-state index is -0.0928. The van der Waals surface area contributed by atoms with Crippen molar-refractivity contribution < 1.29 is 9.53 Å². The van der Waals surface area contributed by atoms with Gasteiger partial charge in [-0.2, -0.15) is 0 Å². The molecular formula is C16H14BrClO2. The minimum Gasteiger partial charge on any atom is -0.490 e. The first-order valence-corrected chi connectivity index (χ1v) is 7.41. The lowest BCUT2D eigenvalue weighted by Crippen LogP contribution is -2.11. The molecule has 4 heteroatoms. The molecule has 2 nitrogen and oxygen atoms in total. The summed E-state index contributed by atoms with van der Waals surface area (Å²) in [6.45, 7) is 3.86. The second kappa shape index (κ2) is 6.42. The molecule has 0 amide bonds. The van der Waals surface area contributed by atoms with Crippen molar-refractivity contribution in [1.29, 1.82) is 0 Å². The number of hydrogen-bond acceptors (Lipinski definition) is 2. The standard InChI is InChI=1S/C16H14BrClO2/c1-10(2)20-15-6-4-3-5-13(15)16(19)12-8-7-11(18)9-14(12)17/h3-10H,1-2H3. The number of carbonyl (C=O) groups is 1. The topological polar surface area (TPSA) is 26.3 Å². The molecule has 0 fully saturated rings. The third kappa shape index (κ3) is 3.41. The average Bonchev–Trinajstić information content (AvgIpc) is 2.38. The lowest BCUT2D eigenvalue weighted by Gasteiger charge is -2.14. The van der Waals surface area contributed by atoms with E-state index in [9.17, 15) is 4.79 Å². The van der Waals surface area contributed by atoms with E-state index in [1.165, 1.54) is 0 Å². The van der Waals surface area contributed by atoms with Gasteiger partial charge in [0, 0.05) is 15.1 Å². The molecule has 0 aromatic heterocycles. The van der Waals surface area contributed by atoms with Gasteiger partial charge >= 0.3 is 0 Å². The first-order valence-electron chi connectivity index (χ1n) is 6.24. The third-order valence-electron chi connectivity index (χ3n) is 2.67. The fourth-order valence-corrected chi connectivity index (χ4v) is 2.69. The summed E-state index contributed by atoms with van der Waals surface area (Å²) < 4.78 is 6.36. The van der Waals surface area contributed by atoms with E-state index in [1.54, 1.807) is 30.3 Å². The Kier molecular flexibility index (Phi) is 4.84. The van der Waals surface area contributed by atoms with Crippen molar-refractivity contribution in [2.45, 2.75) is 20.0 Å². The summed E-state index contributed by atoms with van der Waals surface area (Å²) in [6.07, 6.45) is 0.0117. The van der Waals surface area contributed by atoms with Crippen LogP contribution in [-0.4, -0.2) is 11.9 Å². The fraction of sp³-hybridized carbons (Fsp3) is 0.188. The quantitative estimate of drug-likeness (QED) is 0.713. The van der Waals surface area contributed by atoms with Crippen LogP contribution >= 0.6 is 27.5 Å². The van der Waals surface area contributed by atoms with Crippen molar-refractivity contribution >= 4 is 33.3 Å². The van der Waals surface area contributed by atoms with Crippen LogP contribution in [0.5, 0.6) is 5.75 Å². The zero-order valence-corrected chi connectivity index (χ0v) is 13.5. The lowest BCUT2D eigenvalue weighted by atomic mass is 10.0. The van der Waals surface area contributed by atoms with Gasteiger partial charge < -0.3 is 4.74 Å². The van der Waals surface area contributed by atoms with Crippen molar-refractivity contribution in [2.75, 3.05) is 0 Å². The Morgan fingerprint density at radius 1 is 1.15 bits per heavy atom. The normalized spacial score (nSPS) is 10.7. The summed E-state index contributed by atoms with van der Waals surface area (Å²) in [5.74, 6) is 0.499. The Bertz CT molecular complexity index is 638. The first-order chi connectivity index (χ1) is 9.49. The molecule has 0 aliphatic carbocycles. The molecule has 0 atom stereocenters. The Hall–Kier alpha value is -1.32. The van der Waals surface area contributed by atoms with E-state index in [4.69, 9.17) is 16.3 Å². The van der Waals surface area contributed by atoms with Crippen molar-refractivity contribution in [2.24, 2.45) is 0 Å². The van der Waals surface area contributed by atoms with Crippen LogP contribution in [0.3, 0.4) is 0 Å². The van der Waals surface area contributed by atoms with Gasteiger partial charge in [0.1, 0.15) is 5.75 Å². The minimum absolute atomic E-state index is 0.0117. The van der Waals surface area contributed by atoms with Crippen LogP contribution in [0.2, 0.25) is 5.02 Å². The predicted octanol–water partition coefficient (Wildman–Crippen LogP) is 5.12. The number of ether oxygens (including phenoxy) is 1. The summed E-state index contributed by atoms with van der Waals surface area (Å²) in [6, 6.07) is 12.4. The van der Waals surface area contributed by atoms with Crippen LogP contribution in [0.1, 0.15) is 29.8 Å². The van der Waals surface area contributed by atoms with Gasteiger partial charge in [0.05, 0.1) is 11.7 Å². The lowest BCUT2D eigenvalue weighted by molar-refractivity contribution is 0.103. The van der Waals surface area contributed by atoms with E-state index < -0.39 is 0 Å².